The smallest absolute Gasteiger partial charge is 0.258 e. The molecule has 1 aliphatic heterocycles. The van der Waals surface area contributed by atoms with E-state index in [-0.39, 0.29) is 5.91 Å². The van der Waals surface area contributed by atoms with Crippen LogP contribution in [0.1, 0.15) is 73.9 Å². The Labute approximate surface area is 155 Å². The first-order valence-electron chi connectivity index (χ1n) is 9.48. The number of nitrogens with zero attached hydrogens (tertiary/aromatic N) is 3. The molecule has 0 atom stereocenters. The lowest BCUT2D eigenvalue weighted by atomic mass is 9.92. The molecule has 1 amide bonds. The second kappa shape index (κ2) is 7.85. The normalized spacial score (nSPS) is 14.3. The number of carbonyl (C=O) groups excluding carboxylic acids is 1. The van der Waals surface area contributed by atoms with E-state index < -0.39 is 0 Å². The van der Waals surface area contributed by atoms with Gasteiger partial charge < -0.3 is 10.2 Å². The van der Waals surface area contributed by atoms with Gasteiger partial charge in [0, 0.05) is 31.2 Å². The maximum absolute atomic E-state index is 12.8. The summed E-state index contributed by atoms with van der Waals surface area (Å²) in [4.78, 5) is 23.7. The predicted octanol–water partition coefficient (Wildman–Crippen LogP) is 4.58. The average Bonchev–Trinajstić information content (AvgIpc) is 3.16. The van der Waals surface area contributed by atoms with Crippen LogP contribution >= 0.6 is 0 Å². The Hall–Kier alpha value is -2.43. The van der Waals surface area contributed by atoms with Gasteiger partial charge in [-0.1, -0.05) is 45.9 Å². The van der Waals surface area contributed by atoms with E-state index in [1.165, 1.54) is 12.8 Å². The number of aromatic nitrogens is 2. The van der Waals surface area contributed by atoms with Gasteiger partial charge in [0.15, 0.2) is 0 Å². The van der Waals surface area contributed by atoms with E-state index >= 15 is 0 Å². The molecule has 5 heteroatoms. The van der Waals surface area contributed by atoms with Gasteiger partial charge in [0.1, 0.15) is 0 Å². The van der Waals surface area contributed by atoms with Gasteiger partial charge in [0.05, 0.1) is 5.56 Å². The molecule has 2 heterocycles. The zero-order valence-corrected chi connectivity index (χ0v) is 16.1. The summed E-state index contributed by atoms with van der Waals surface area (Å²) < 4.78 is 0. The SMILES string of the molecule is CC(C)c1cccc(C(C)C)c1NC(=O)c1cnc(N2CCCC2)nc1. The van der Waals surface area contributed by atoms with Gasteiger partial charge in [0.2, 0.25) is 5.95 Å². The van der Waals surface area contributed by atoms with Crippen molar-refractivity contribution >= 4 is 17.5 Å². The van der Waals surface area contributed by atoms with Crippen LogP contribution in [-0.2, 0) is 0 Å². The zero-order chi connectivity index (χ0) is 18.7. The van der Waals surface area contributed by atoms with Crippen molar-refractivity contribution in [2.24, 2.45) is 0 Å². The van der Waals surface area contributed by atoms with Crippen molar-refractivity contribution in [1.82, 2.24) is 9.97 Å². The minimum Gasteiger partial charge on any atom is -0.341 e. The lowest BCUT2D eigenvalue weighted by molar-refractivity contribution is 0.102. The molecule has 2 aromatic rings. The van der Waals surface area contributed by atoms with Crippen LogP contribution in [0.25, 0.3) is 0 Å². The Kier molecular flexibility index (Phi) is 5.55. The minimum atomic E-state index is -0.159. The Balaban J connectivity index is 1.83. The molecule has 138 valence electrons. The number of benzene rings is 1. The van der Waals surface area contributed by atoms with Crippen LogP contribution in [0.15, 0.2) is 30.6 Å². The summed E-state index contributed by atoms with van der Waals surface area (Å²) in [7, 11) is 0. The van der Waals surface area contributed by atoms with E-state index in [9.17, 15) is 4.79 Å². The number of para-hydroxylation sites is 1. The lowest BCUT2D eigenvalue weighted by Gasteiger charge is -2.20. The second-order valence-electron chi connectivity index (χ2n) is 7.54. The largest absolute Gasteiger partial charge is 0.341 e. The molecule has 1 saturated heterocycles. The molecule has 0 radical (unpaired) electrons. The predicted molar refractivity (Wildman–Crippen MR) is 106 cm³/mol. The molecule has 1 fully saturated rings. The number of anilines is 2. The highest BCUT2D eigenvalue weighted by Crippen LogP contribution is 2.32. The van der Waals surface area contributed by atoms with Crippen LogP contribution in [0.2, 0.25) is 0 Å². The zero-order valence-electron chi connectivity index (χ0n) is 16.1. The average molecular weight is 352 g/mol. The van der Waals surface area contributed by atoms with E-state index in [0.717, 1.165) is 29.9 Å². The van der Waals surface area contributed by atoms with Gasteiger partial charge >= 0.3 is 0 Å². The van der Waals surface area contributed by atoms with Crippen LogP contribution in [0.5, 0.6) is 0 Å². The van der Waals surface area contributed by atoms with E-state index in [4.69, 9.17) is 0 Å². The standard InChI is InChI=1S/C21H28N4O/c1-14(2)17-8-7-9-18(15(3)4)19(17)24-20(26)16-12-22-21(23-13-16)25-10-5-6-11-25/h7-9,12-15H,5-6,10-11H2,1-4H3,(H,24,26). The molecule has 0 spiro atoms. The molecule has 5 nitrogen and oxygen atoms in total. The quantitative estimate of drug-likeness (QED) is 0.856. The Bertz CT molecular complexity index is 736. The first-order valence-corrected chi connectivity index (χ1v) is 9.48. The van der Waals surface area contributed by atoms with Crippen molar-refractivity contribution in [2.75, 3.05) is 23.3 Å². The Morgan fingerprint density at radius 2 is 1.54 bits per heavy atom. The molecule has 26 heavy (non-hydrogen) atoms. The van der Waals surface area contributed by atoms with Crippen molar-refractivity contribution in [3.63, 3.8) is 0 Å². The van der Waals surface area contributed by atoms with Crippen molar-refractivity contribution in [1.29, 1.82) is 0 Å². The second-order valence-corrected chi connectivity index (χ2v) is 7.54. The van der Waals surface area contributed by atoms with Gasteiger partial charge in [-0.25, -0.2) is 9.97 Å². The topological polar surface area (TPSA) is 58.1 Å². The number of carbonyl (C=O) groups is 1. The third kappa shape index (κ3) is 3.87. The summed E-state index contributed by atoms with van der Waals surface area (Å²) >= 11 is 0. The highest BCUT2D eigenvalue weighted by atomic mass is 16.1. The number of rotatable bonds is 5. The summed E-state index contributed by atoms with van der Waals surface area (Å²) in [6.45, 7) is 10.5. The van der Waals surface area contributed by atoms with Gasteiger partial charge in [0.25, 0.3) is 5.91 Å². The molecule has 1 aromatic carbocycles. The number of amides is 1. The summed E-state index contributed by atoms with van der Waals surface area (Å²) in [5, 5.41) is 3.11. The summed E-state index contributed by atoms with van der Waals surface area (Å²) in [5.74, 6) is 1.22. The van der Waals surface area contributed by atoms with Crippen LogP contribution in [-0.4, -0.2) is 29.0 Å². The van der Waals surface area contributed by atoms with Gasteiger partial charge in [-0.05, 0) is 35.8 Å². The molecule has 0 saturated carbocycles. The molecular weight excluding hydrogens is 324 g/mol. The first kappa shape index (κ1) is 18.4. The first-order chi connectivity index (χ1) is 12.5. The van der Waals surface area contributed by atoms with Crippen LogP contribution < -0.4 is 10.2 Å². The van der Waals surface area contributed by atoms with Crippen molar-refractivity contribution in [3.8, 4) is 0 Å². The minimum absolute atomic E-state index is 0.159. The van der Waals surface area contributed by atoms with E-state index in [0.29, 0.717) is 23.3 Å². The molecular formula is C21H28N4O. The highest BCUT2D eigenvalue weighted by Gasteiger charge is 2.18. The maximum Gasteiger partial charge on any atom is 0.258 e. The van der Waals surface area contributed by atoms with Crippen molar-refractivity contribution < 1.29 is 4.79 Å². The lowest BCUT2D eigenvalue weighted by Crippen LogP contribution is -2.21. The monoisotopic (exact) mass is 352 g/mol. The fraction of sp³-hybridized carbons (Fsp3) is 0.476. The molecule has 3 rings (SSSR count). The molecule has 1 aliphatic rings. The summed E-state index contributed by atoms with van der Waals surface area (Å²) in [5.41, 5.74) is 3.71. The molecule has 0 bridgehead atoms. The molecule has 1 aromatic heterocycles. The van der Waals surface area contributed by atoms with Crippen LogP contribution in [0.3, 0.4) is 0 Å². The molecule has 1 N–H and O–H groups in total. The van der Waals surface area contributed by atoms with Crippen LogP contribution in [0, 0.1) is 0 Å². The van der Waals surface area contributed by atoms with Crippen molar-refractivity contribution in [2.45, 2.75) is 52.4 Å². The van der Waals surface area contributed by atoms with Gasteiger partial charge in [-0.15, -0.1) is 0 Å². The summed E-state index contributed by atoms with van der Waals surface area (Å²) in [6.07, 6.45) is 5.61. The number of hydrogen-bond acceptors (Lipinski definition) is 4. The van der Waals surface area contributed by atoms with Gasteiger partial charge in [-0.2, -0.15) is 0 Å². The van der Waals surface area contributed by atoms with Crippen LogP contribution in [0.4, 0.5) is 11.6 Å². The van der Waals surface area contributed by atoms with Gasteiger partial charge in [-0.3, -0.25) is 4.79 Å². The Morgan fingerprint density at radius 3 is 2.04 bits per heavy atom. The third-order valence-corrected chi connectivity index (χ3v) is 4.90. The number of hydrogen-bond donors (Lipinski definition) is 1. The Morgan fingerprint density at radius 1 is 1.00 bits per heavy atom. The fourth-order valence-corrected chi connectivity index (χ4v) is 3.40. The van der Waals surface area contributed by atoms with E-state index in [2.05, 4.69) is 66.1 Å². The van der Waals surface area contributed by atoms with E-state index in [1.807, 2.05) is 0 Å². The maximum atomic E-state index is 12.8. The molecule has 0 unspecified atom stereocenters. The highest BCUT2D eigenvalue weighted by molar-refractivity contribution is 6.04. The van der Waals surface area contributed by atoms with E-state index in [1.54, 1.807) is 12.4 Å². The summed E-state index contributed by atoms with van der Waals surface area (Å²) in [6, 6.07) is 6.23. The fourth-order valence-electron chi connectivity index (χ4n) is 3.40. The van der Waals surface area contributed by atoms with Crippen molar-refractivity contribution in [3.05, 3.63) is 47.3 Å². The number of nitrogens with one attached hydrogen (secondary N) is 1. The molecule has 0 aliphatic carbocycles. The third-order valence-electron chi connectivity index (χ3n) is 4.90.